The first-order valence-corrected chi connectivity index (χ1v) is 9.36. The van der Waals surface area contributed by atoms with Gasteiger partial charge in [0.15, 0.2) is 11.5 Å². The number of carbonyl (C=O) groups is 1. The van der Waals surface area contributed by atoms with Gasteiger partial charge in [-0.1, -0.05) is 29.8 Å². The normalized spacial score (nSPS) is 10.4. The summed E-state index contributed by atoms with van der Waals surface area (Å²) in [5.41, 5.74) is 4.94. The Kier molecular flexibility index (Phi) is 7.04. The number of hydrogen-bond donors (Lipinski definition) is 1. The van der Waals surface area contributed by atoms with Gasteiger partial charge in [0, 0.05) is 16.1 Å². The van der Waals surface area contributed by atoms with Gasteiger partial charge >= 0.3 is 0 Å². The molecule has 0 aliphatic carbocycles. The van der Waals surface area contributed by atoms with Gasteiger partial charge in [-0.2, -0.15) is 10.4 Å². The average Bonchev–Trinajstić information content (AvgIpc) is 2.79. The molecule has 1 N–H and O–H groups in total. The first kappa shape index (κ1) is 20.9. The molecule has 3 aromatic rings. The fraction of sp³-hybridized carbons (Fsp3) is 0.0870. The number of hydrazone groups is 1. The molecule has 0 heterocycles. The monoisotopic (exact) mass is 419 g/mol. The Morgan fingerprint density at radius 1 is 1.13 bits per heavy atom. The summed E-state index contributed by atoms with van der Waals surface area (Å²) in [6.07, 6.45) is 1.50. The Morgan fingerprint density at radius 2 is 1.90 bits per heavy atom. The lowest BCUT2D eigenvalue weighted by molar-refractivity contribution is 0.0955. The summed E-state index contributed by atoms with van der Waals surface area (Å²) < 4.78 is 11.2. The minimum Gasteiger partial charge on any atom is -0.493 e. The number of ether oxygens (including phenoxy) is 2. The molecule has 3 aromatic carbocycles. The molecule has 30 heavy (non-hydrogen) atoms. The van der Waals surface area contributed by atoms with Gasteiger partial charge in [0.25, 0.3) is 5.91 Å². The number of nitrogens with zero attached hydrogens (tertiary/aromatic N) is 2. The van der Waals surface area contributed by atoms with Crippen LogP contribution in [0.1, 0.15) is 27.0 Å². The van der Waals surface area contributed by atoms with Crippen LogP contribution in [-0.4, -0.2) is 19.2 Å². The van der Waals surface area contributed by atoms with E-state index >= 15 is 0 Å². The molecule has 0 atom stereocenters. The maximum atomic E-state index is 12.1. The number of amides is 1. The number of rotatable bonds is 7. The van der Waals surface area contributed by atoms with Crippen LogP contribution in [0.15, 0.2) is 71.8 Å². The molecule has 0 spiro atoms. The lowest BCUT2D eigenvalue weighted by Crippen LogP contribution is -2.17. The highest BCUT2D eigenvalue weighted by Gasteiger charge is 2.08. The van der Waals surface area contributed by atoms with Gasteiger partial charge in [0.1, 0.15) is 6.61 Å². The number of halogens is 1. The molecule has 6 nitrogen and oxygen atoms in total. The zero-order valence-electron chi connectivity index (χ0n) is 16.1. The maximum absolute atomic E-state index is 12.1. The van der Waals surface area contributed by atoms with E-state index < -0.39 is 0 Å². The Balaban J connectivity index is 1.63. The van der Waals surface area contributed by atoms with Crippen molar-refractivity contribution in [3.8, 4) is 17.6 Å². The maximum Gasteiger partial charge on any atom is 0.271 e. The summed E-state index contributed by atoms with van der Waals surface area (Å²) in [6.45, 7) is 0.310. The predicted molar refractivity (Wildman–Crippen MR) is 115 cm³/mol. The van der Waals surface area contributed by atoms with Crippen molar-refractivity contribution in [2.75, 3.05) is 7.11 Å². The molecule has 150 valence electrons. The van der Waals surface area contributed by atoms with E-state index in [1.807, 2.05) is 30.3 Å². The van der Waals surface area contributed by atoms with Crippen molar-refractivity contribution in [1.29, 1.82) is 5.26 Å². The minimum atomic E-state index is -0.373. The topological polar surface area (TPSA) is 83.7 Å². The fourth-order valence-electron chi connectivity index (χ4n) is 2.58. The van der Waals surface area contributed by atoms with E-state index in [4.69, 9.17) is 26.3 Å². The molecule has 0 bridgehead atoms. The standard InChI is InChI=1S/C23H18ClN3O3/c1-29-22-12-17(8-11-21(22)30-15-19-4-2-3-5-20(19)24)14-26-27-23(28)18-9-6-16(13-25)7-10-18/h2-12,14H,15H2,1H3,(H,27,28)/b26-14+. The largest absolute Gasteiger partial charge is 0.493 e. The summed E-state index contributed by atoms with van der Waals surface area (Å²) in [6, 6.07) is 21.1. The van der Waals surface area contributed by atoms with Crippen molar-refractivity contribution in [3.63, 3.8) is 0 Å². The van der Waals surface area contributed by atoms with E-state index in [1.54, 1.807) is 49.6 Å². The number of methoxy groups -OCH3 is 1. The van der Waals surface area contributed by atoms with Crippen LogP contribution in [0.2, 0.25) is 5.02 Å². The van der Waals surface area contributed by atoms with Crippen LogP contribution in [0.4, 0.5) is 0 Å². The van der Waals surface area contributed by atoms with Gasteiger partial charge in [0.05, 0.1) is 25.0 Å². The van der Waals surface area contributed by atoms with E-state index in [-0.39, 0.29) is 5.91 Å². The summed E-state index contributed by atoms with van der Waals surface area (Å²) in [4.78, 5) is 12.1. The molecule has 0 aromatic heterocycles. The van der Waals surface area contributed by atoms with Crippen molar-refractivity contribution < 1.29 is 14.3 Å². The summed E-state index contributed by atoms with van der Waals surface area (Å²) in [7, 11) is 1.55. The summed E-state index contributed by atoms with van der Waals surface area (Å²) in [5.74, 6) is 0.725. The highest BCUT2D eigenvalue weighted by atomic mass is 35.5. The number of nitriles is 1. The molecule has 0 saturated heterocycles. The van der Waals surface area contributed by atoms with Gasteiger partial charge < -0.3 is 9.47 Å². The Labute approximate surface area is 179 Å². The van der Waals surface area contributed by atoms with Crippen LogP contribution in [0.25, 0.3) is 0 Å². The molecular formula is C23H18ClN3O3. The van der Waals surface area contributed by atoms with Crippen LogP contribution >= 0.6 is 11.6 Å². The van der Waals surface area contributed by atoms with Gasteiger partial charge in [-0.3, -0.25) is 4.79 Å². The third kappa shape index (κ3) is 5.37. The fourth-order valence-corrected chi connectivity index (χ4v) is 2.77. The molecule has 0 unspecified atom stereocenters. The summed E-state index contributed by atoms with van der Waals surface area (Å²) >= 11 is 6.15. The third-order valence-electron chi connectivity index (χ3n) is 4.18. The predicted octanol–water partition coefficient (Wildman–Crippen LogP) is 4.56. The van der Waals surface area contributed by atoms with Crippen molar-refractivity contribution in [3.05, 3.63) is 94.0 Å². The zero-order valence-corrected chi connectivity index (χ0v) is 16.9. The van der Waals surface area contributed by atoms with E-state index in [9.17, 15) is 4.79 Å². The van der Waals surface area contributed by atoms with Gasteiger partial charge in [-0.05, 0) is 54.1 Å². The molecule has 0 radical (unpaired) electrons. The number of carbonyl (C=O) groups excluding carboxylic acids is 1. The number of nitrogens with one attached hydrogen (secondary N) is 1. The van der Waals surface area contributed by atoms with Crippen LogP contribution in [0, 0.1) is 11.3 Å². The van der Waals surface area contributed by atoms with Gasteiger partial charge in [-0.15, -0.1) is 0 Å². The second kappa shape index (κ2) is 10.1. The highest BCUT2D eigenvalue weighted by molar-refractivity contribution is 6.31. The van der Waals surface area contributed by atoms with E-state index in [0.29, 0.717) is 34.3 Å². The van der Waals surface area contributed by atoms with E-state index in [1.165, 1.54) is 6.21 Å². The van der Waals surface area contributed by atoms with Crippen molar-refractivity contribution >= 4 is 23.7 Å². The molecule has 0 saturated carbocycles. The van der Waals surface area contributed by atoms with Crippen LogP contribution in [0.5, 0.6) is 11.5 Å². The first-order chi connectivity index (χ1) is 14.6. The second-order valence-corrected chi connectivity index (χ2v) is 6.59. The third-order valence-corrected chi connectivity index (χ3v) is 4.55. The Morgan fingerprint density at radius 3 is 2.60 bits per heavy atom. The van der Waals surface area contributed by atoms with Crippen LogP contribution in [-0.2, 0) is 6.61 Å². The molecular weight excluding hydrogens is 402 g/mol. The first-order valence-electron chi connectivity index (χ1n) is 8.98. The average molecular weight is 420 g/mol. The van der Waals surface area contributed by atoms with Gasteiger partial charge in [-0.25, -0.2) is 5.43 Å². The van der Waals surface area contributed by atoms with Crippen molar-refractivity contribution in [2.45, 2.75) is 6.61 Å². The molecule has 0 fully saturated rings. The van der Waals surface area contributed by atoms with E-state index in [0.717, 1.165) is 11.1 Å². The van der Waals surface area contributed by atoms with Crippen LogP contribution in [0.3, 0.4) is 0 Å². The minimum absolute atomic E-state index is 0.310. The van der Waals surface area contributed by atoms with Crippen molar-refractivity contribution in [2.24, 2.45) is 5.10 Å². The number of benzene rings is 3. The molecule has 3 rings (SSSR count). The number of hydrogen-bond acceptors (Lipinski definition) is 5. The summed E-state index contributed by atoms with van der Waals surface area (Å²) in [5, 5.41) is 13.4. The van der Waals surface area contributed by atoms with Gasteiger partial charge in [0.2, 0.25) is 0 Å². The molecule has 7 heteroatoms. The Hall–Kier alpha value is -3.82. The zero-order chi connectivity index (χ0) is 21.3. The van der Waals surface area contributed by atoms with Crippen LogP contribution < -0.4 is 14.9 Å². The van der Waals surface area contributed by atoms with Crippen molar-refractivity contribution in [1.82, 2.24) is 5.43 Å². The second-order valence-electron chi connectivity index (χ2n) is 6.18. The molecule has 1 amide bonds. The smallest absolute Gasteiger partial charge is 0.271 e. The molecule has 0 aliphatic heterocycles. The highest BCUT2D eigenvalue weighted by Crippen LogP contribution is 2.29. The quantitative estimate of drug-likeness (QED) is 0.449. The molecule has 0 aliphatic rings. The lowest BCUT2D eigenvalue weighted by atomic mass is 10.1. The Bertz CT molecular complexity index is 1110. The lowest BCUT2D eigenvalue weighted by Gasteiger charge is -2.12. The van der Waals surface area contributed by atoms with E-state index in [2.05, 4.69) is 10.5 Å². The SMILES string of the molecule is COc1cc(/C=N/NC(=O)c2ccc(C#N)cc2)ccc1OCc1ccccc1Cl.